The Balaban J connectivity index is 2.03. The molecule has 0 saturated carbocycles. The average Bonchev–Trinajstić information content (AvgIpc) is 2.96. The van der Waals surface area contributed by atoms with E-state index in [1.807, 2.05) is 6.07 Å². The summed E-state index contributed by atoms with van der Waals surface area (Å²) < 4.78 is 4.67. The van der Waals surface area contributed by atoms with Gasteiger partial charge in [-0.25, -0.2) is 4.79 Å². The minimum atomic E-state index is -0.502. The Kier molecular flexibility index (Phi) is 4.20. The van der Waals surface area contributed by atoms with Crippen LogP contribution in [0.4, 0.5) is 10.5 Å². The number of likely N-dealkylation sites (tertiary alicyclic amines) is 1. The van der Waals surface area contributed by atoms with Crippen LogP contribution < -0.4 is 5.32 Å². The van der Waals surface area contributed by atoms with Gasteiger partial charge < -0.3 is 10.1 Å². The van der Waals surface area contributed by atoms with Crippen molar-refractivity contribution in [3.05, 3.63) is 29.8 Å². The van der Waals surface area contributed by atoms with Crippen molar-refractivity contribution in [2.45, 2.75) is 18.9 Å². The second-order valence-electron chi connectivity index (χ2n) is 4.50. The van der Waals surface area contributed by atoms with Crippen LogP contribution in [0.3, 0.4) is 0 Å². The van der Waals surface area contributed by atoms with Crippen LogP contribution in [0.15, 0.2) is 24.3 Å². The molecule has 1 aliphatic heterocycles. The molecule has 1 heterocycles. The van der Waals surface area contributed by atoms with Crippen molar-refractivity contribution >= 4 is 17.7 Å². The van der Waals surface area contributed by atoms with Crippen molar-refractivity contribution in [1.82, 2.24) is 4.90 Å². The Bertz CT molecular complexity index is 548. The fraction of sp³-hybridized carbons (Fsp3) is 0.357. The predicted molar refractivity (Wildman–Crippen MR) is 71.9 cm³/mol. The number of hydrogen-bond donors (Lipinski definition) is 1. The van der Waals surface area contributed by atoms with E-state index in [9.17, 15) is 9.59 Å². The summed E-state index contributed by atoms with van der Waals surface area (Å²) in [5, 5.41) is 11.5. The number of nitrogens with one attached hydrogen (secondary N) is 1. The third kappa shape index (κ3) is 2.88. The highest BCUT2D eigenvalue weighted by Crippen LogP contribution is 2.20. The van der Waals surface area contributed by atoms with E-state index in [1.165, 1.54) is 12.0 Å². The lowest BCUT2D eigenvalue weighted by molar-refractivity contribution is -0.119. The number of nitriles is 1. The number of anilines is 1. The summed E-state index contributed by atoms with van der Waals surface area (Å²) in [7, 11) is 1.30. The Morgan fingerprint density at radius 2 is 2.10 bits per heavy atom. The summed E-state index contributed by atoms with van der Waals surface area (Å²) in [5.41, 5.74) is 1.13. The number of hydrogen-bond acceptors (Lipinski definition) is 4. The van der Waals surface area contributed by atoms with E-state index in [1.54, 1.807) is 24.3 Å². The van der Waals surface area contributed by atoms with E-state index >= 15 is 0 Å². The molecule has 1 N–H and O–H groups in total. The van der Waals surface area contributed by atoms with Gasteiger partial charge in [0.05, 0.1) is 18.7 Å². The molecule has 2 rings (SSSR count). The first kappa shape index (κ1) is 13.9. The van der Waals surface area contributed by atoms with Gasteiger partial charge in [0.15, 0.2) is 0 Å². The monoisotopic (exact) mass is 273 g/mol. The second-order valence-corrected chi connectivity index (χ2v) is 4.50. The van der Waals surface area contributed by atoms with Gasteiger partial charge in [-0.1, -0.05) is 0 Å². The third-order valence-electron chi connectivity index (χ3n) is 3.25. The van der Waals surface area contributed by atoms with E-state index in [-0.39, 0.29) is 5.91 Å². The van der Waals surface area contributed by atoms with Crippen LogP contribution in [0, 0.1) is 11.3 Å². The highest BCUT2D eigenvalue weighted by atomic mass is 16.5. The maximum atomic E-state index is 12.2. The largest absolute Gasteiger partial charge is 0.453 e. The number of benzene rings is 1. The van der Waals surface area contributed by atoms with Crippen molar-refractivity contribution in [3.63, 3.8) is 0 Å². The summed E-state index contributed by atoms with van der Waals surface area (Å²) in [6.45, 7) is 0.526. The SMILES string of the molecule is COC(=O)N1CCCC1C(=O)Nc1ccc(C#N)cc1. The van der Waals surface area contributed by atoms with E-state index < -0.39 is 12.1 Å². The molecule has 104 valence electrons. The molecule has 0 radical (unpaired) electrons. The number of ether oxygens (including phenoxy) is 1. The molecule has 6 nitrogen and oxygen atoms in total. The first-order valence-corrected chi connectivity index (χ1v) is 6.31. The molecule has 0 aliphatic carbocycles. The Morgan fingerprint density at radius 3 is 2.70 bits per heavy atom. The first-order chi connectivity index (χ1) is 9.65. The number of carbonyl (C=O) groups excluding carboxylic acids is 2. The van der Waals surface area contributed by atoms with Crippen LogP contribution in [-0.2, 0) is 9.53 Å². The molecule has 1 atom stereocenters. The van der Waals surface area contributed by atoms with Crippen LogP contribution in [0.1, 0.15) is 18.4 Å². The highest BCUT2D eigenvalue weighted by Gasteiger charge is 2.34. The van der Waals surface area contributed by atoms with Crippen LogP contribution in [-0.4, -0.2) is 36.6 Å². The van der Waals surface area contributed by atoms with Gasteiger partial charge in [0.2, 0.25) is 5.91 Å². The Hall–Kier alpha value is -2.55. The molecule has 0 bridgehead atoms. The Morgan fingerprint density at radius 1 is 1.40 bits per heavy atom. The highest BCUT2D eigenvalue weighted by molar-refractivity contribution is 5.96. The second kappa shape index (κ2) is 6.06. The Labute approximate surface area is 116 Å². The van der Waals surface area contributed by atoms with Crippen LogP contribution in [0.25, 0.3) is 0 Å². The zero-order chi connectivity index (χ0) is 14.5. The molecule has 1 aromatic carbocycles. The lowest BCUT2D eigenvalue weighted by atomic mass is 10.2. The van der Waals surface area contributed by atoms with Gasteiger partial charge in [0, 0.05) is 12.2 Å². The topological polar surface area (TPSA) is 82.4 Å². The predicted octanol–water partition coefficient (Wildman–Crippen LogP) is 1.73. The zero-order valence-electron chi connectivity index (χ0n) is 11.1. The zero-order valence-corrected chi connectivity index (χ0v) is 11.1. The first-order valence-electron chi connectivity index (χ1n) is 6.31. The quantitative estimate of drug-likeness (QED) is 0.889. The molecule has 0 aromatic heterocycles. The van der Waals surface area contributed by atoms with Gasteiger partial charge >= 0.3 is 6.09 Å². The van der Waals surface area contributed by atoms with Gasteiger partial charge in [-0.05, 0) is 37.1 Å². The van der Waals surface area contributed by atoms with Gasteiger partial charge in [0.25, 0.3) is 0 Å². The van der Waals surface area contributed by atoms with Crippen molar-refractivity contribution in [2.75, 3.05) is 19.0 Å². The normalized spacial score (nSPS) is 17.4. The fourth-order valence-electron chi connectivity index (χ4n) is 2.23. The van der Waals surface area contributed by atoms with Gasteiger partial charge in [-0.3, -0.25) is 9.69 Å². The summed E-state index contributed by atoms with van der Waals surface area (Å²) in [5.74, 6) is -0.238. The number of nitrogens with zero attached hydrogens (tertiary/aromatic N) is 2. The lowest BCUT2D eigenvalue weighted by Crippen LogP contribution is -2.43. The summed E-state index contributed by atoms with van der Waals surface area (Å²) >= 11 is 0. The van der Waals surface area contributed by atoms with Gasteiger partial charge in [-0.2, -0.15) is 5.26 Å². The third-order valence-corrected chi connectivity index (χ3v) is 3.25. The van der Waals surface area contributed by atoms with Crippen molar-refractivity contribution in [3.8, 4) is 6.07 Å². The molecule has 1 saturated heterocycles. The smallest absolute Gasteiger partial charge is 0.410 e. The van der Waals surface area contributed by atoms with Gasteiger partial charge in [-0.15, -0.1) is 0 Å². The van der Waals surface area contributed by atoms with E-state index in [0.29, 0.717) is 24.2 Å². The average molecular weight is 273 g/mol. The molecular formula is C14H15N3O3. The van der Waals surface area contributed by atoms with Crippen molar-refractivity contribution in [2.24, 2.45) is 0 Å². The molecule has 20 heavy (non-hydrogen) atoms. The number of amides is 2. The van der Waals surface area contributed by atoms with Crippen molar-refractivity contribution < 1.29 is 14.3 Å². The number of methoxy groups -OCH3 is 1. The maximum absolute atomic E-state index is 12.2. The molecular weight excluding hydrogens is 258 g/mol. The maximum Gasteiger partial charge on any atom is 0.410 e. The van der Waals surface area contributed by atoms with Crippen LogP contribution in [0.2, 0.25) is 0 Å². The molecule has 1 unspecified atom stereocenters. The summed E-state index contributed by atoms with van der Waals surface area (Å²) in [6, 6.07) is 8.08. The van der Waals surface area contributed by atoms with E-state index in [0.717, 1.165) is 6.42 Å². The van der Waals surface area contributed by atoms with E-state index in [4.69, 9.17) is 5.26 Å². The standard InChI is InChI=1S/C14H15N3O3/c1-20-14(19)17-8-2-3-12(17)13(18)16-11-6-4-10(9-15)5-7-11/h4-7,12H,2-3,8H2,1H3,(H,16,18). The molecule has 2 amide bonds. The molecule has 6 heteroatoms. The van der Waals surface area contributed by atoms with Gasteiger partial charge in [0.1, 0.15) is 6.04 Å². The minimum Gasteiger partial charge on any atom is -0.453 e. The molecule has 1 aliphatic rings. The fourth-order valence-corrected chi connectivity index (χ4v) is 2.23. The molecule has 1 aromatic rings. The summed E-state index contributed by atoms with van der Waals surface area (Å²) in [4.78, 5) is 25.2. The number of rotatable bonds is 2. The van der Waals surface area contributed by atoms with Crippen LogP contribution in [0.5, 0.6) is 0 Å². The van der Waals surface area contributed by atoms with E-state index in [2.05, 4.69) is 10.1 Å². The molecule has 1 fully saturated rings. The minimum absolute atomic E-state index is 0.238. The number of carbonyl (C=O) groups is 2. The van der Waals surface area contributed by atoms with Crippen LogP contribution >= 0.6 is 0 Å². The molecule has 0 spiro atoms. The summed E-state index contributed by atoms with van der Waals surface area (Å²) in [6.07, 6.45) is 0.917. The lowest BCUT2D eigenvalue weighted by Gasteiger charge is -2.22. The van der Waals surface area contributed by atoms with Crippen molar-refractivity contribution in [1.29, 1.82) is 5.26 Å².